The van der Waals surface area contributed by atoms with Crippen LogP contribution in [0.25, 0.3) is 0 Å². The average Bonchev–Trinajstić information content (AvgIpc) is 3.08. The van der Waals surface area contributed by atoms with Gasteiger partial charge in [-0.25, -0.2) is 0 Å². The number of benzene rings is 1. The van der Waals surface area contributed by atoms with Crippen LogP contribution in [0.15, 0.2) is 42.9 Å². The molecule has 0 aliphatic carbocycles. The van der Waals surface area contributed by atoms with E-state index in [1.807, 2.05) is 24.3 Å². The predicted octanol–water partition coefficient (Wildman–Crippen LogP) is 3.22. The van der Waals surface area contributed by atoms with Gasteiger partial charge in [0.2, 0.25) is 0 Å². The van der Waals surface area contributed by atoms with Crippen molar-refractivity contribution in [2.75, 3.05) is 5.32 Å². The summed E-state index contributed by atoms with van der Waals surface area (Å²) >= 11 is 12.1. The molecule has 0 saturated heterocycles. The monoisotopic (exact) mass is 349 g/mol. The van der Waals surface area contributed by atoms with Crippen molar-refractivity contribution in [3.8, 4) is 0 Å². The molecular weight excluding hydrogens is 337 g/mol. The van der Waals surface area contributed by atoms with Gasteiger partial charge in [-0.15, -0.1) is 0 Å². The van der Waals surface area contributed by atoms with Crippen molar-refractivity contribution in [3.05, 3.63) is 64.2 Å². The Morgan fingerprint density at radius 1 is 1.17 bits per heavy atom. The van der Waals surface area contributed by atoms with Crippen LogP contribution in [0.5, 0.6) is 0 Å². The van der Waals surface area contributed by atoms with E-state index >= 15 is 0 Å². The summed E-state index contributed by atoms with van der Waals surface area (Å²) in [4.78, 5) is 12.2. The summed E-state index contributed by atoms with van der Waals surface area (Å²) in [5.41, 5.74) is 1.81. The van der Waals surface area contributed by atoms with Gasteiger partial charge < -0.3 is 5.32 Å². The SMILES string of the molecule is Cn1ncc(Cl)c1C(=O)Nc1cnn(Cc2ccccc2Cl)c1. The third-order valence-electron chi connectivity index (χ3n) is 3.29. The van der Waals surface area contributed by atoms with Crippen molar-refractivity contribution in [1.29, 1.82) is 0 Å². The Balaban J connectivity index is 1.73. The first-order valence-corrected chi connectivity index (χ1v) is 7.55. The standard InChI is InChI=1S/C15H13Cl2N5O/c1-21-14(13(17)7-18-21)15(23)20-11-6-19-22(9-11)8-10-4-2-3-5-12(10)16/h2-7,9H,8H2,1H3,(H,20,23). The van der Waals surface area contributed by atoms with Crippen LogP contribution in [0.3, 0.4) is 0 Å². The molecule has 0 radical (unpaired) electrons. The number of nitrogens with zero attached hydrogens (tertiary/aromatic N) is 4. The van der Waals surface area contributed by atoms with Gasteiger partial charge in [0.15, 0.2) is 0 Å². The van der Waals surface area contributed by atoms with E-state index in [-0.39, 0.29) is 5.91 Å². The number of aromatic nitrogens is 4. The van der Waals surface area contributed by atoms with Gasteiger partial charge in [0.1, 0.15) is 5.69 Å². The molecule has 3 rings (SSSR count). The summed E-state index contributed by atoms with van der Waals surface area (Å²) in [6, 6.07) is 7.54. The lowest BCUT2D eigenvalue weighted by Gasteiger charge is -2.04. The van der Waals surface area contributed by atoms with Gasteiger partial charge in [-0.3, -0.25) is 14.2 Å². The number of carbonyl (C=O) groups is 1. The van der Waals surface area contributed by atoms with Gasteiger partial charge in [0, 0.05) is 18.3 Å². The number of hydrogen-bond acceptors (Lipinski definition) is 3. The van der Waals surface area contributed by atoms with Crippen LogP contribution in [0.4, 0.5) is 5.69 Å². The summed E-state index contributed by atoms with van der Waals surface area (Å²) in [6.45, 7) is 0.516. The zero-order valence-electron chi connectivity index (χ0n) is 12.2. The number of halogens is 2. The molecule has 6 nitrogen and oxygen atoms in total. The lowest BCUT2D eigenvalue weighted by molar-refractivity contribution is 0.101. The Hall–Kier alpha value is -2.31. The minimum Gasteiger partial charge on any atom is -0.318 e. The number of aryl methyl sites for hydroxylation is 1. The van der Waals surface area contributed by atoms with Crippen LogP contribution in [-0.2, 0) is 13.6 Å². The molecule has 23 heavy (non-hydrogen) atoms. The first-order valence-electron chi connectivity index (χ1n) is 6.79. The Bertz CT molecular complexity index is 836. The normalized spacial score (nSPS) is 10.7. The average molecular weight is 350 g/mol. The fourth-order valence-corrected chi connectivity index (χ4v) is 2.62. The van der Waals surface area contributed by atoms with Crippen LogP contribution >= 0.6 is 23.2 Å². The van der Waals surface area contributed by atoms with E-state index in [0.29, 0.717) is 28.0 Å². The second-order valence-electron chi connectivity index (χ2n) is 4.94. The molecule has 0 fully saturated rings. The van der Waals surface area contributed by atoms with E-state index in [4.69, 9.17) is 23.2 Å². The second kappa shape index (κ2) is 6.44. The van der Waals surface area contributed by atoms with E-state index in [9.17, 15) is 4.79 Å². The van der Waals surface area contributed by atoms with Crippen molar-refractivity contribution in [2.45, 2.75) is 6.54 Å². The zero-order valence-corrected chi connectivity index (χ0v) is 13.7. The number of anilines is 1. The van der Waals surface area contributed by atoms with Gasteiger partial charge in [0.05, 0.1) is 29.6 Å². The van der Waals surface area contributed by atoms with Crippen LogP contribution < -0.4 is 5.32 Å². The molecule has 0 atom stereocenters. The van der Waals surface area contributed by atoms with Crippen molar-refractivity contribution >= 4 is 34.8 Å². The minimum absolute atomic E-state index is 0.297. The smallest absolute Gasteiger partial charge is 0.275 e. The van der Waals surface area contributed by atoms with Crippen molar-refractivity contribution in [3.63, 3.8) is 0 Å². The zero-order chi connectivity index (χ0) is 16.4. The van der Waals surface area contributed by atoms with Gasteiger partial charge in [0.25, 0.3) is 5.91 Å². The molecule has 118 valence electrons. The lowest BCUT2D eigenvalue weighted by Crippen LogP contribution is -2.16. The fourth-order valence-electron chi connectivity index (χ4n) is 2.17. The van der Waals surface area contributed by atoms with Crippen LogP contribution in [0, 0.1) is 0 Å². The summed E-state index contributed by atoms with van der Waals surface area (Å²) in [5, 5.41) is 11.9. The van der Waals surface area contributed by atoms with Crippen LogP contribution in [0.2, 0.25) is 10.0 Å². The molecule has 1 N–H and O–H groups in total. The Labute approximate surface area is 142 Å². The van der Waals surface area contributed by atoms with E-state index in [0.717, 1.165) is 5.56 Å². The maximum absolute atomic E-state index is 12.2. The summed E-state index contributed by atoms with van der Waals surface area (Å²) in [6.07, 6.45) is 4.72. The summed E-state index contributed by atoms with van der Waals surface area (Å²) < 4.78 is 3.12. The molecule has 0 aliphatic rings. The summed E-state index contributed by atoms with van der Waals surface area (Å²) in [7, 11) is 1.65. The van der Waals surface area contributed by atoms with Crippen LogP contribution in [0.1, 0.15) is 16.1 Å². The first kappa shape index (κ1) is 15.6. The fraction of sp³-hybridized carbons (Fsp3) is 0.133. The highest BCUT2D eigenvalue weighted by atomic mass is 35.5. The maximum Gasteiger partial charge on any atom is 0.275 e. The molecule has 1 aromatic carbocycles. The Morgan fingerprint density at radius 3 is 2.65 bits per heavy atom. The number of nitrogens with one attached hydrogen (secondary N) is 1. The number of amides is 1. The molecule has 2 heterocycles. The van der Waals surface area contributed by atoms with Gasteiger partial charge in [-0.05, 0) is 11.6 Å². The van der Waals surface area contributed by atoms with E-state index < -0.39 is 0 Å². The molecule has 8 heteroatoms. The van der Waals surface area contributed by atoms with Gasteiger partial charge >= 0.3 is 0 Å². The third-order valence-corrected chi connectivity index (χ3v) is 3.94. The molecule has 2 aromatic heterocycles. The molecule has 0 aliphatic heterocycles. The van der Waals surface area contributed by atoms with E-state index in [1.165, 1.54) is 10.9 Å². The molecule has 0 bridgehead atoms. The number of rotatable bonds is 4. The van der Waals surface area contributed by atoms with Crippen molar-refractivity contribution in [1.82, 2.24) is 19.6 Å². The number of hydrogen-bond donors (Lipinski definition) is 1. The second-order valence-corrected chi connectivity index (χ2v) is 5.75. The first-order chi connectivity index (χ1) is 11.0. The highest BCUT2D eigenvalue weighted by molar-refractivity contribution is 6.34. The molecule has 1 amide bonds. The Kier molecular flexibility index (Phi) is 4.36. The predicted molar refractivity (Wildman–Crippen MR) is 89.0 cm³/mol. The van der Waals surface area contributed by atoms with Crippen molar-refractivity contribution < 1.29 is 4.79 Å². The Morgan fingerprint density at radius 2 is 1.96 bits per heavy atom. The molecule has 3 aromatic rings. The topological polar surface area (TPSA) is 64.7 Å². The molecule has 0 spiro atoms. The lowest BCUT2D eigenvalue weighted by atomic mass is 10.2. The van der Waals surface area contributed by atoms with Gasteiger partial charge in [-0.1, -0.05) is 41.4 Å². The number of carbonyl (C=O) groups excluding carboxylic acids is 1. The van der Waals surface area contributed by atoms with E-state index in [1.54, 1.807) is 24.1 Å². The maximum atomic E-state index is 12.2. The largest absolute Gasteiger partial charge is 0.318 e. The van der Waals surface area contributed by atoms with Gasteiger partial charge in [-0.2, -0.15) is 10.2 Å². The molecular formula is C15H13Cl2N5O. The van der Waals surface area contributed by atoms with Crippen LogP contribution in [-0.4, -0.2) is 25.5 Å². The molecule has 0 saturated carbocycles. The third kappa shape index (κ3) is 3.38. The highest BCUT2D eigenvalue weighted by Gasteiger charge is 2.16. The van der Waals surface area contributed by atoms with E-state index in [2.05, 4.69) is 15.5 Å². The van der Waals surface area contributed by atoms with Crippen molar-refractivity contribution in [2.24, 2.45) is 7.05 Å². The highest BCUT2D eigenvalue weighted by Crippen LogP contribution is 2.18. The molecule has 0 unspecified atom stereocenters. The summed E-state index contributed by atoms with van der Waals surface area (Å²) in [5.74, 6) is -0.340. The minimum atomic E-state index is -0.340. The quantitative estimate of drug-likeness (QED) is 0.786.